The number of fused-ring (bicyclic) bond motifs is 1. The maximum Gasteiger partial charge on any atom is 0.408 e. The third kappa shape index (κ3) is 23.2. The highest BCUT2D eigenvalue weighted by molar-refractivity contribution is 7.98. The van der Waals surface area contributed by atoms with Crippen LogP contribution in [0.5, 0.6) is 0 Å². The summed E-state index contributed by atoms with van der Waals surface area (Å²) in [6.07, 6.45) is 3.32. The predicted octanol–water partition coefficient (Wildman–Crippen LogP) is 0.843. The molecule has 0 aliphatic carbocycles. The van der Waals surface area contributed by atoms with Crippen LogP contribution in [0.1, 0.15) is 70.4 Å². The van der Waals surface area contributed by atoms with E-state index in [4.69, 9.17) is 15.0 Å². The fraction of sp³-hybridized carbons (Fsp3) is 0.511. The Morgan fingerprint density at radius 2 is 1.22 bits per heavy atom. The molecule has 0 saturated carbocycles. The molecule has 0 spiro atoms. The molecule has 27 heteroatoms. The fourth-order valence-corrected chi connectivity index (χ4v) is 8.43. The van der Waals surface area contributed by atoms with Crippen molar-refractivity contribution in [2.45, 2.75) is 114 Å². The van der Waals surface area contributed by atoms with Gasteiger partial charge >= 0.3 is 22.5 Å². The highest BCUT2D eigenvalue weighted by Gasteiger charge is 2.34. The lowest BCUT2D eigenvalue weighted by Gasteiger charge is -2.26. The van der Waals surface area contributed by atoms with E-state index in [1.165, 1.54) is 23.5 Å². The first-order valence-electron chi connectivity index (χ1n) is 23.4. The lowest BCUT2D eigenvalue weighted by molar-refractivity contribution is -0.141. The van der Waals surface area contributed by atoms with E-state index in [0.717, 1.165) is 5.52 Å². The number of benzene rings is 2. The van der Waals surface area contributed by atoms with Crippen LogP contribution >= 0.6 is 23.5 Å². The molecule has 6 atom stereocenters. The van der Waals surface area contributed by atoms with Gasteiger partial charge in [-0.05, 0) is 94.1 Å². The second-order valence-electron chi connectivity index (χ2n) is 17.8. The number of carbonyl (C=O) groups is 9. The number of primary amides is 1. The molecule has 408 valence electrons. The van der Waals surface area contributed by atoms with Gasteiger partial charge in [-0.3, -0.25) is 42.9 Å². The molecule has 0 unspecified atom stereocenters. The average Bonchev–Trinajstić information content (AvgIpc) is 3.73. The summed E-state index contributed by atoms with van der Waals surface area (Å²) in [5, 5.41) is 28.0. The number of carbonyl (C=O) groups excluding carboxylic acids is 8. The minimum absolute atomic E-state index is 0.0123. The Morgan fingerprint density at radius 1 is 0.676 bits per heavy atom. The molecule has 12 N–H and O–H groups in total. The second-order valence-corrected chi connectivity index (χ2v) is 20.9. The number of aliphatic carboxylic acids is 1. The lowest BCUT2D eigenvalue weighted by atomic mass is 10.0. The van der Waals surface area contributed by atoms with E-state index >= 15 is 0 Å². The molecule has 1 heterocycles. The largest absolute Gasteiger partial charge is 0.481 e. The van der Waals surface area contributed by atoms with Crippen molar-refractivity contribution in [3.8, 4) is 0 Å². The third-order valence-electron chi connectivity index (χ3n) is 10.7. The highest BCUT2D eigenvalue weighted by atomic mass is 32.3. The zero-order chi connectivity index (χ0) is 55.0. The summed E-state index contributed by atoms with van der Waals surface area (Å²) >= 11 is 2.68. The molecule has 24 nitrogen and oxygen atoms in total. The number of ether oxygens (including phenoxy) is 1. The van der Waals surface area contributed by atoms with Gasteiger partial charge in [0, 0.05) is 29.9 Å². The van der Waals surface area contributed by atoms with Crippen molar-refractivity contribution < 1.29 is 70.1 Å². The molecule has 0 saturated heterocycles. The fourth-order valence-electron chi connectivity index (χ4n) is 7.15. The molecule has 0 aliphatic heterocycles. The van der Waals surface area contributed by atoms with Gasteiger partial charge < -0.3 is 57.8 Å². The standard InChI is InChI=1S/C47H67N9O15S3/c1-47(2,3)71-46(66)56-32(17-11-12-20-70-74(67,68)69)42(62)52-33(18-21-72-4)41(61)50-27-38(57)51-36(24-29-26-49-31-16-10-9-15-30(29)31)44(64)53-34(19-22-73-5)43(63)55-37(25-39(58)59)45(65)54-35(40(48)60)23-28-13-7-6-8-14-28/h6-10,13-16,26,32-37,49H,11-12,17-25,27H2,1-5H3,(H2,48,60)(H,50,61)(H,51,57)(H,52,62)(H,53,64)(H,54,65)(H,55,63)(H,56,66)(H,58,59)(H,67,68,69)/t32-,33-,34-,35-,36-,37-/m0/s1. The minimum atomic E-state index is -4.71. The van der Waals surface area contributed by atoms with E-state index in [1.54, 1.807) is 94.1 Å². The molecule has 74 heavy (non-hydrogen) atoms. The van der Waals surface area contributed by atoms with Crippen molar-refractivity contribution in [1.82, 2.24) is 42.2 Å². The molecule has 0 aliphatic rings. The predicted molar refractivity (Wildman–Crippen MR) is 277 cm³/mol. The van der Waals surface area contributed by atoms with Gasteiger partial charge in [-0.25, -0.2) is 8.98 Å². The summed E-state index contributed by atoms with van der Waals surface area (Å²) in [7, 11) is -4.71. The summed E-state index contributed by atoms with van der Waals surface area (Å²) in [5.41, 5.74) is 6.59. The van der Waals surface area contributed by atoms with E-state index < -0.39 is 125 Å². The summed E-state index contributed by atoms with van der Waals surface area (Å²) in [5.74, 6) is -6.97. The van der Waals surface area contributed by atoms with Crippen LogP contribution in [0.15, 0.2) is 60.8 Å². The zero-order valence-electron chi connectivity index (χ0n) is 41.7. The second kappa shape index (κ2) is 30.7. The number of thioether (sulfide) groups is 2. The normalized spacial score (nSPS) is 13.9. The van der Waals surface area contributed by atoms with Crippen molar-refractivity contribution in [3.05, 3.63) is 71.9 Å². The maximum absolute atomic E-state index is 14.3. The monoisotopic (exact) mass is 1090 g/mol. The number of hydrogen-bond donors (Lipinski definition) is 11. The number of hydrogen-bond acceptors (Lipinski definition) is 15. The van der Waals surface area contributed by atoms with Gasteiger partial charge in [0.25, 0.3) is 0 Å². The molecule has 0 bridgehead atoms. The molecule has 1 aromatic heterocycles. The van der Waals surface area contributed by atoms with Gasteiger partial charge in [-0.2, -0.15) is 31.9 Å². The average molecular weight is 1090 g/mol. The van der Waals surface area contributed by atoms with Crippen LogP contribution in [0.2, 0.25) is 0 Å². The Labute approximate surface area is 437 Å². The van der Waals surface area contributed by atoms with E-state index in [2.05, 4.69) is 46.4 Å². The summed E-state index contributed by atoms with van der Waals surface area (Å²) in [6.45, 7) is 3.71. The van der Waals surface area contributed by atoms with Crippen LogP contribution < -0.4 is 43.0 Å². The Balaban J connectivity index is 1.83. The number of rotatable bonds is 32. The summed E-state index contributed by atoms with van der Waals surface area (Å²) in [4.78, 5) is 123. The van der Waals surface area contributed by atoms with E-state index in [9.17, 15) is 56.7 Å². The number of aromatic amines is 1. The first-order chi connectivity index (χ1) is 34.9. The molecular weight excluding hydrogens is 1030 g/mol. The van der Waals surface area contributed by atoms with Crippen molar-refractivity contribution in [2.24, 2.45) is 5.73 Å². The first kappa shape index (κ1) is 61.9. The van der Waals surface area contributed by atoms with Crippen LogP contribution in [0.25, 0.3) is 10.9 Å². The Hall–Kier alpha value is -6.42. The number of carboxylic acid groups (broad SMARTS) is 1. The van der Waals surface area contributed by atoms with Crippen molar-refractivity contribution in [3.63, 3.8) is 0 Å². The number of alkyl carbamates (subject to hydrolysis) is 1. The van der Waals surface area contributed by atoms with Gasteiger partial charge in [-0.15, -0.1) is 0 Å². The third-order valence-corrected chi connectivity index (χ3v) is 12.5. The Kier molecular flexibility index (Phi) is 25.7. The number of nitrogens with one attached hydrogen (secondary N) is 8. The van der Waals surface area contributed by atoms with Crippen LogP contribution in [0, 0.1) is 0 Å². The van der Waals surface area contributed by atoms with Crippen molar-refractivity contribution >= 4 is 98.2 Å². The number of para-hydroxylation sites is 1. The molecule has 3 aromatic rings. The molecule has 3 rings (SSSR count). The van der Waals surface area contributed by atoms with Crippen LogP contribution in [-0.4, -0.2) is 155 Å². The Morgan fingerprint density at radius 3 is 1.80 bits per heavy atom. The SMILES string of the molecule is CSCC[C@H](NC(=O)[C@H](CCCCOS(=O)(=O)O)NC(=O)OC(C)(C)C)C(=O)NCC(=O)N[C@@H](Cc1c[nH]c2ccccc12)C(=O)N[C@@H](CCSC)C(=O)N[C@@H](CC(=O)O)C(=O)N[C@@H](Cc1ccccc1)C(N)=O. The number of H-pyrrole nitrogens is 1. The molecule has 0 fully saturated rings. The highest BCUT2D eigenvalue weighted by Crippen LogP contribution is 2.20. The van der Waals surface area contributed by atoms with Gasteiger partial charge in [0.15, 0.2) is 0 Å². The number of nitrogens with two attached hydrogens (primary N) is 1. The van der Waals surface area contributed by atoms with E-state index in [-0.39, 0.29) is 44.9 Å². The maximum atomic E-state index is 14.3. The number of unbranched alkanes of at least 4 members (excludes halogenated alkanes) is 1. The summed E-state index contributed by atoms with van der Waals surface area (Å²) in [6, 6.07) is 7.45. The van der Waals surface area contributed by atoms with Crippen LogP contribution in [0.3, 0.4) is 0 Å². The Bertz CT molecular complexity index is 2510. The molecule has 8 amide bonds. The minimum Gasteiger partial charge on any atom is -0.481 e. The number of amides is 8. The lowest BCUT2D eigenvalue weighted by Crippen LogP contribution is -2.59. The van der Waals surface area contributed by atoms with Gasteiger partial charge in [0.1, 0.15) is 41.9 Å². The van der Waals surface area contributed by atoms with Crippen molar-refractivity contribution in [1.29, 1.82) is 0 Å². The zero-order valence-corrected chi connectivity index (χ0v) is 44.2. The van der Waals surface area contributed by atoms with Gasteiger partial charge in [0.05, 0.1) is 19.6 Å². The molecule has 2 aromatic carbocycles. The topological polar surface area (TPSA) is 373 Å². The molecular formula is C47H67N9O15S3. The van der Waals surface area contributed by atoms with Crippen molar-refractivity contribution in [2.75, 3.05) is 37.2 Å². The summed E-state index contributed by atoms with van der Waals surface area (Å²) < 4.78 is 40.4. The van der Waals surface area contributed by atoms with E-state index in [1.807, 2.05) is 0 Å². The van der Waals surface area contributed by atoms with Crippen LogP contribution in [-0.2, 0) is 70.5 Å². The smallest absolute Gasteiger partial charge is 0.408 e. The number of aromatic nitrogens is 1. The molecule has 0 radical (unpaired) electrons. The van der Waals surface area contributed by atoms with Crippen LogP contribution in [0.4, 0.5) is 4.79 Å². The number of carboxylic acids is 1. The van der Waals surface area contributed by atoms with E-state index in [0.29, 0.717) is 28.0 Å². The first-order valence-corrected chi connectivity index (χ1v) is 27.5. The quantitative estimate of drug-likeness (QED) is 0.0305. The van der Waals surface area contributed by atoms with Gasteiger partial charge in [-0.1, -0.05) is 48.5 Å². The van der Waals surface area contributed by atoms with Gasteiger partial charge in [0.2, 0.25) is 41.4 Å².